The molecule has 0 aliphatic heterocycles. The quantitative estimate of drug-likeness (QED) is 0.334. The van der Waals surface area contributed by atoms with Crippen LogP contribution in [0, 0.1) is 0 Å². The predicted molar refractivity (Wildman–Crippen MR) is 122 cm³/mol. The maximum absolute atomic E-state index is 12.4. The second kappa shape index (κ2) is 9.39. The minimum atomic E-state index is -0.410. The molecule has 0 spiro atoms. The lowest BCUT2D eigenvalue weighted by Gasteiger charge is -2.12. The Bertz CT molecular complexity index is 1010. The Morgan fingerprint density at radius 2 is 1.86 bits per heavy atom. The zero-order valence-electron chi connectivity index (χ0n) is 14.8. The van der Waals surface area contributed by atoms with Crippen LogP contribution in [0.1, 0.15) is 17.3 Å². The molecule has 28 heavy (non-hydrogen) atoms. The Morgan fingerprint density at radius 1 is 1.11 bits per heavy atom. The summed E-state index contributed by atoms with van der Waals surface area (Å²) in [7, 11) is 0. The summed E-state index contributed by atoms with van der Waals surface area (Å²) in [6.07, 6.45) is 0. The van der Waals surface area contributed by atoms with Crippen molar-refractivity contribution in [2.24, 2.45) is 0 Å². The molecule has 0 fully saturated rings. The summed E-state index contributed by atoms with van der Waals surface area (Å²) < 4.78 is 5.18. The Balaban J connectivity index is 1.87. The van der Waals surface area contributed by atoms with Crippen LogP contribution < -0.4 is 10.6 Å². The van der Waals surface area contributed by atoms with Crippen molar-refractivity contribution in [1.29, 1.82) is 0 Å². The summed E-state index contributed by atoms with van der Waals surface area (Å²) in [5.41, 5.74) is 2.00. The topological polar surface area (TPSA) is 50.4 Å². The van der Waals surface area contributed by atoms with Gasteiger partial charge >= 0.3 is 5.97 Å². The van der Waals surface area contributed by atoms with Crippen LogP contribution in [0.25, 0.3) is 10.4 Å². The minimum absolute atomic E-state index is 0.287. The number of hydrogen-bond donors (Lipinski definition) is 2. The van der Waals surface area contributed by atoms with Gasteiger partial charge in [-0.05, 0) is 42.9 Å². The van der Waals surface area contributed by atoms with Gasteiger partial charge in [0, 0.05) is 4.88 Å². The highest BCUT2D eigenvalue weighted by atomic mass is 35.5. The lowest BCUT2D eigenvalue weighted by Crippen LogP contribution is -2.20. The van der Waals surface area contributed by atoms with Gasteiger partial charge in [-0.3, -0.25) is 0 Å². The number of thiocarbonyl (C=S) groups is 1. The van der Waals surface area contributed by atoms with E-state index in [4.69, 9.17) is 40.2 Å². The molecule has 0 aliphatic carbocycles. The summed E-state index contributed by atoms with van der Waals surface area (Å²) in [6, 6.07) is 16.8. The number of benzene rings is 2. The van der Waals surface area contributed by atoms with Gasteiger partial charge < -0.3 is 15.4 Å². The van der Waals surface area contributed by atoms with Crippen LogP contribution in [0.15, 0.2) is 54.6 Å². The van der Waals surface area contributed by atoms with Gasteiger partial charge in [-0.15, -0.1) is 11.3 Å². The van der Waals surface area contributed by atoms with Gasteiger partial charge in [0.15, 0.2) is 5.11 Å². The summed E-state index contributed by atoms with van der Waals surface area (Å²) >= 11 is 19.0. The van der Waals surface area contributed by atoms with Crippen molar-refractivity contribution in [3.8, 4) is 10.4 Å². The minimum Gasteiger partial charge on any atom is -0.462 e. The van der Waals surface area contributed by atoms with E-state index in [1.165, 1.54) is 11.3 Å². The average Bonchev–Trinajstić information content (AvgIpc) is 3.10. The zero-order valence-corrected chi connectivity index (χ0v) is 17.9. The van der Waals surface area contributed by atoms with E-state index < -0.39 is 5.97 Å². The highest BCUT2D eigenvalue weighted by Gasteiger charge is 2.19. The lowest BCUT2D eigenvalue weighted by molar-refractivity contribution is 0.0528. The van der Waals surface area contributed by atoms with Crippen molar-refractivity contribution >= 4 is 68.5 Å². The monoisotopic (exact) mass is 450 g/mol. The number of hydrogen-bond acceptors (Lipinski definition) is 4. The molecule has 1 heterocycles. The van der Waals surface area contributed by atoms with Crippen LogP contribution in [0.5, 0.6) is 0 Å². The molecule has 0 aliphatic rings. The molecule has 2 N–H and O–H groups in total. The van der Waals surface area contributed by atoms with Gasteiger partial charge in [0.05, 0.1) is 27.9 Å². The molecule has 2 aromatic carbocycles. The molecule has 0 saturated carbocycles. The van der Waals surface area contributed by atoms with E-state index in [-0.39, 0.29) is 11.7 Å². The van der Waals surface area contributed by atoms with Crippen LogP contribution in [0.4, 0.5) is 10.7 Å². The van der Waals surface area contributed by atoms with E-state index in [9.17, 15) is 4.79 Å². The Labute approximate surface area is 182 Å². The van der Waals surface area contributed by atoms with Crippen molar-refractivity contribution < 1.29 is 9.53 Å². The van der Waals surface area contributed by atoms with E-state index in [0.29, 0.717) is 26.3 Å². The molecule has 8 heteroatoms. The molecule has 3 aromatic rings. The maximum Gasteiger partial charge on any atom is 0.341 e. The molecule has 144 valence electrons. The van der Waals surface area contributed by atoms with Gasteiger partial charge in [0.1, 0.15) is 5.00 Å². The number of nitrogens with one attached hydrogen (secondary N) is 2. The van der Waals surface area contributed by atoms with E-state index >= 15 is 0 Å². The third-order valence-corrected chi connectivity index (χ3v) is 5.84. The van der Waals surface area contributed by atoms with Crippen LogP contribution in [0.2, 0.25) is 10.0 Å². The number of ether oxygens (including phenoxy) is 1. The SMILES string of the molecule is CCOC(=O)c1cc(-c2ccccc2)sc1NC(=S)Nc1cccc(Cl)c1Cl. The van der Waals surface area contributed by atoms with E-state index in [1.54, 1.807) is 31.2 Å². The average molecular weight is 451 g/mol. The summed E-state index contributed by atoms with van der Waals surface area (Å²) in [5.74, 6) is -0.410. The van der Waals surface area contributed by atoms with Crippen molar-refractivity contribution in [2.45, 2.75) is 6.92 Å². The second-order valence-electron chi connectivity index (χ2n) is 5.62. The van der Waals surface area contributed by atoms with E-state index in [1.807, 2.05) is 30.3 Å². The molecule has 0 radical (unpaired) electrons. The first-order valence-electron chi connectivity index (χ1n) is 8.38. The number of rotatable bonds is 5. The highest BCUT2D eigenvalue weighted by molar-refractivity contribution is 7.80. The third kappa shape index (κ3) is 4.83. The number of carbonyl (C=O) groups is 1. The van der Waals surface area contributed by atoms with Crippen molar-refractivity contribution in [3.05, 3.63) is 70.2 Å². The molecule has 3 rings (SSSR count). The molecular weight excluding hydrogens is 435 g/mol. The molecule has 0 saturated heterocycles. The summed E-state index contributed by atoms with van der Waals surface area (Å²) in [5, 5.41) is 7.75. The fraction of sp³-hybridized carbons (Fsp3) is 0.100. The smallest absolute Gasteiger partial charge is 0.341 e. The molecule has 1 aromatic heterocycles. The lowest BCUT2D eigenvalue weighted by atomic mass is 10.1. The number of halogens is 2. The Hall–Kier alpha value is -2.12. The van der Waals surface area contributed by atoms with Crippen molar-refractivity contribution in [1.82, 2.24) is 0 Å². The maximum atomic E-state index is 12.4. The fourth-order valence-electron chi connectivity index (χ4n) is 2.45. The normalized spacial score (nSPS) is 10.4. The predicted octanol–water partition coefficient (Wildman–Crippen LogP) is 6.71. The van der Waals surface area contributed by atoms with Gasteiger partial charge in [-0.25, -0.2) is 4.79 Å². The Morgan fingerprint density at radius 3 is 2.57 bits per heavy atom. The van der Waals surface area contributed by atoms with Gasteiger partial charge in [-0.2, -0.15) is 0 Å². The van der Waals surface area contributed by atoms with Crippen molar-refractivity contribution in [2.75, 3.05) is 17.2 Å². The number of carbonyl (C=O) groups excluding carboxylic acids is 1. The van der Waals surface area contributed by atoms with Crippen LogP contribution in [-0.2, 0) is 4.74 Å². The van der Waals surface area contributed by atoms with E-state index in [0.717, 1.165) is 10.4 Å². The number of anilines is 2. The summed E-state index contributed by atoms with van der Waals surface area (Å²) in [4.78, 5) is 13.3. The number of thiophene rings is 1. The molecule has 0 unspecified atom stereocenters. The number of esters is 1. The highest BCUT2D eigenvalue weighted by Crippen LogP contribution is 2.36. The largest absolute Gasteiger partial charge is 0.462 e. The standard InChI is InChI=1S/C20H16Cl2N2O2S2/c1-2-26-19(25)13-11-16(12-7-4-3-5-8-12)28-18(13)24-20(27)23-15-10-6-9-14(21)17(15)22/h3-11H,2H2,1H3,(H2,23,24,27). The summed E-state index contributed by atoms with van der Waals surface area (Å²) in [6.45, 7) is 2.05. The Kier molecular flexibility index (Phi) is 6.91. The molecule has 4 nitrogen and oxygen atoms in total. The van der Waals surface area contributed by atoms with Crippen molar-refractivity contribution in [3.63, 3.8) is 0 Å². The van der Waals surface area contributed by atoms with Gasteiger partial charge in [0.2, 0.25) is 0 Å². The molecular formula is C20H16Cl2N2O2S2. The van der Waals surface area contributed by atoms with Crippen LogP contribution in [0.3, 0.4) is 0 Å². The molecule has 0 bridgehead atoms. The zero-order chi connectivity index (χ0) is 20.1. The first-order chi connectivity index (χ1) is 13.5. The third-order valence-electron chi connectivity index (χ3n) is 3.71. The fourth-order valence-corrected chi connectivity index (χ4v) is 4.13. The first-order valence-corrected chi connectivity index (χ1v) is 10.4. The first kappa shape index (κ1) is 20.6. The molecule has 0 atom stereocenters. The van der Waals surface area contributed by atoms with Crippen LogP contribution in [-0.4, -0.2) is 17.7 Å². The van der Waals surface area contributed by atoms with Gasteiger partial charge in [0.25, 0.3) is 0 Å². The van der Waals surface area contributed by atoms with Crippen LogP contribution >= 0.6 is 46.8 Å². The van der Waals surface area contributed by atoms with Gasteiger partial charge in [-0.1, -0.05) is 59.6 Å². The molecule has 0 amide bonds. The second-order valence-corrected chi connectivity index (χ2v) is 7.87. The van der Waals surface area contributed by atoms with E-state index in [2.05, 4.69) is 10.6 Å².